The third-order valence-electron chi connectivity index (χ3n) is 2.80. The molecule has 0 radical (unpaired) electrons. The first kappa shape index (κ1) is 13.8. The number of carbonyl (C=O) groups is 1. The lowest BCUT2D eigenvalue weighted by molar-refractivity contribution is 0.102. The Morgan fingerprint density at radius 2 is 2.19 bits per heavy atom. The number of hydrogen-bond acceptors (Lipinski definition) is 5. The summed E-state index contributed by atoms with van der Waals surface area (Å²) >= 11 is 7.15. The predicted octanol–water partition coefficient (Wildman–Crippen LogP) is 3.61. The average Bonchev–Trinajstić information content (AvgIpc) is 2.88. The highest BCUT2D eigenvalue weighted by Crippen LogP contribution is 2.29. The number of hydrogen-bond donors (Lipinski definition) is 1. The van der Waals surface area contributed by atoms with Gasteiger partial charge in [0.2, 0.25) is 0 Å². The summed E-state index contributed by atoms with van der Waals surface area (Å²) < 4.78 is 6.11. The Balaban J connectivity index is 1.86. The fraction of sp³-hybridized carbons (Fsp3) is 0.0714. The second kappa shape index (κ2) is 5.67. The van der Waals surface area contributed by atoms with Crippen molar-refractivity contribution >= 4 is 44.2 Å². The quantitative estimate of drug-likeness (QED) is 0.749. The Morgan fingerprint density at radius 3 is 2.95 bits per heavy atom. The van der Waals surface area contributed by atoms with E-state index in [0.717, 1.165) is 16.0 Å². The molecule has 3 rings (SSSR count). The van der Waals surface area contributed by atoms with Crippen LogP contribution in [0.3, 0.4) is 0 Å². The van der Waals surface area contributed by atoms with Crippen LogP contribution in [0.4, 0.5) is 5.13 Å². The summed E-state index contributed by atoms with van der Waals surface area (Å²) in [6.45, 7) is 0. The van der Waals surface area contributed by atoms with Crippen molar-refractivity contribution in [1.29, 1.82) is 0 Å². The van der Waals surface area contributed by atoms with Gasteiger partial charge in [-0.3, -0.25) is 10.1 Å². The predicted molar refractivity (Wildman–Crippen MR) is 83.4 cm³/mol. The molecule has 0 aliphatic heterocycles. The van der Waals surface area contributed by atoms with Crippen LogP contribution in [-0.2, 0) is 0 Å². The molecule has 0 saturated carbocycles. The molecule has 106 valence electrons. The minimum Gasteiger partial charge on any atom is -0.497 e. The molecule has 1 amide bonds. The first-order valence-electron chi connectivity index (χ1n) is 6.03. The zero-order valence-electron chi connectivity index (χ0n) is 11.0. The number of nitrogens with zero attached hydrogens (tertiary/aromatic N) is 2. The van der Waals surface area contributed by atoms with Gasteiger partial charge in [0.15, 0.2) is 5.13 Å². The monoisotopic (exact) mass is 319 g/mol. The van der Waals surface area contributed by atoms with Gasteiger partial charge in [0.25, 0.3) is 5.91 Å². The van der Waals surface area contributed by atoms with Crippen molar-refractivity contribution in [3.8, 4) is 5.75 Å². The van der Waals surface area contributed by atoms with Crippen LogP contribution in [0.5, 0.6) is 5.75 Å². The van der Waals surface area contributed by atoms with Crippen molar-refractivity contribution in [1.82, 2.24) is 9.97 Å². The second-order valence-corrected chi connectivity index (χ2v) is 5.59. The number of anilines is 1. The van der Waals surface area contributed by atoms with E-state index in [9.17, 15) is 4.79 Å². The largest absolute Gasteiger partial charge is 0.497 e. The molecule has 5 nitrogen and oxygen atoms in total. The first-order chi connectivity index (χ1) is 10.2. The SMILES string of the molecule is COc1ccc2nc(NC(=O)c3ccnc(Cl)c3)sc2c1. The fourth-order valence-corrected chi connectivity index (χ4v) is 2.86. The second-order valence-electron chi connectivity index (χ2n) is 4.17. The van der Waals surface area contributed by atoms with Gasteiger partial charge in [0, 0.05) is 11.8 Å². The lowest BCUT2D eigenvalue weighted by Gasteiger charge is -2.00. The molecule has 3 aromatic rings. The molecule has 0 aliphatic carbocycles. The molecule has 0 fully saturated rings. The summed E-state index contributed by atoms with van der Waals surface area (Å²) in [5, 5.41) is 3.55. The molecule has 21 heavy (non-hydrogen) atoms. The summed E-state index contributed by atoms with van der Waals surface area (Å²) in [4.78, 5) is 20.3. The number of rotatable bonds is 3. The Labute approximate surface area is 129 Å². The number of thiazole rings is 1. The van der Waals surface area contributed by atoms with Crippen LogP contribution in [0.25, 0.3) is 10.2 Å². The molecular formula is C14H10ClN3O2S. The molecule has 7 heteroatoms. The summed E-state index contributed by atoms with van der Waals surface area (Å²) in [6.07, 6.45) is 1.49. The van der Waals surface area contributed by atoms with Gasteiger partial charge in [0.1, 0.15) is 10.9 Å². The van der Waals surface area contributed by atoms with Crippen LogP contribution >= 0.6 is 22.9 Å². The molecule has 0 bridgehead atoms. The molecular weight excluding hydrogens is 310 g/mol. The van der Waals surface area contributed by atoms with Gasteiger partial charge >= 0.3 is 0 Å². The van der Waals surface area contributed by atoms with Crippen molar-refractivity contribution < 1.29 is 9.53 Å². The van der Waals surface area contributed by atoms with E-state index in [4.69, 9.17) is 16.3 Å². The molecule has 2 heterocycles. The lowest BCUT2D eigenvalue weighted by atomic mass is 10.2. The number of benzene rings is 1. The van der Waals surface area contributed by atoms with E-state index in [1.807, 2.05) is 18.2 Å². The van der Waals surface area contributed by atoms with Crippen LogP contribution in [0.2, 0.25) is 5.15 Å². The zero-order chi connectivity index (χ0) is 14.8. The van der Waals surface area contributed by atoms with Gasteiger partial charge < -0.3 is 4.74 Å². The van der Waals surface area contributed by atoms with Gasteiger partial charge in [-0.2, -0.15) is 0 Å². The average molecular weight is 320 g/mol. The number of amides is 1. The van der Waals surface area contributed by atoms with Gasteiger partial charge in [-0.25, -0.2) is 9.97 Å². The number of ether oxygens (including phenoxy) is 1. The molecule has 0 aliphatic rings. The third-order valence-corrected chi connectivity index (χ3v) is 3.95. The van der Waals surface area contributed by atoms with Gasteiger partial charge in [-0.05, 0) is 30.3 Å². The highest BCUT2D eigenvalue weighted by Gasteiger charge is 2.11. The number of carbonyl (C=O) groups excluding carboxylic acids is 1. The molecule has 1 aromatic carbocycles. The summed E-state index contributed by atoms with van der Waals surface area (Å²) in [7, 11) is 1.61. The van der Waals surface area contributed by atoms with Crippen molar-refractivity contribution in [3.05, 3.63) is 47.2 Å². The number of methoxy groups -OCH3 is 1. The van der Waals surface area contributed by atoms with Crippen LogP contribution in [0.1, 0.15) is 10.4 Å². The molecule has 0 saturated heterocycles. The maximum atomic E-state index is 12.1. The van der Waals surface area contributed by atoms with E-state index in [1.165, 1.54) is 23.6 Å². The van der Waals surface area contributed by atoms with Crippen LogP contribution in [-0.4, -0.2) is 23.0 Å². The van der Waals surface area contributed by atoms with Gasteiger partial charge in [-0.15, -0.1) is 0 Å². The first-order valence-corrected chi connectivity index (χ1v) is 7.22. The van der Waals surface area contributed by atoms with E-state index in [1.54, 1.807) is 13.2 Å². The molecule has 2 aromatic heterocycles. The number of nitrogens with one attached hydrogen (secondary N) is 1. The van der Waals surface area contributed by atoms with Gasteiger partial charge in [0.05, 0.1) is 17.3 Å². The minimum atomic E-state index is -0.273. The van der Waals surface area contributed by atoms with Crippen molar-refractivity contribution in [2.75, 3.05) is 12.4 Å². The molecule has 1 N–H and O–H groups in total. The van der Waals surface area contributed by atoms with E-state index < -0.39 is 0 Å². The van der Waals surface area contributed by atoms with E-state index >= 15 is 0 Å². The normalized spacial score (nSPS) is 10.6. The minimum absolute atomic E-state index is 0.273. The van der Waals surface area contributed by atoms with Gasteiger partial charge in [-0.1, -0.05) is 22.9 Å². The Morgan fingerprint density at radius 1 is 1.33 bits per heavy atom. The maximum absolute atomic E-state index is 12.1. The summed E-state index contributed by atoms with van der Waals surface area (Å²) in [6, 6.07) is 8.66. The lowest BCUT2D eigenvalue weighted by Crippen LogP contribution is -2.11. The topological polar surface area (TPSA) is 64.1 Å². The van der Waals surface area contributed by atoms with Crippen LogP contribution in [0, 0.1) is 0 Å². The Hall–Kier alpha value is -2.18. The van der Waals surface area contributed by atoms with Crippen LogP contribution in [0.15, 0.2) is 36.5 Å². The highest BCUT2D eigenvalue weighted by atomic mass is 35.5. The Bertz CT molecular complexity index is 819. The highest BCUT2D eigenvalue weighted by molar-refractivity contribution is 7.22. The maximum Gasteiger partial charge on any atom is 0.257 e. The zero-order valence-corrected chi connectivity index (χ0v) is 12.5. The third kappa shape index (κ3) is 2.96. The molecule has 0 spiro atoms. The van der Waals surface area contributed by atoms with E-state index in [0.29, 0.717) is 10.7 Å². The van der Waals surface area contributed by atoms with Crippen LogP contribution < -0.4 is 10.1 Å². The Kier molecular flexibility index (Phi) is 3.72. The van der Waals surface area contributed by atoms with Crippen molar-refractivity contribution in [2.45, 2.75) is 0 Å². The number of pyridine rings is 1. The fourth-order valence-electron chi connectivity index (χ4n) is 1.80. The molecule has 0 atom stereocenters. The molecule has 0 unspecified atom stereocenters. The number of halogens is 1. The van der Waals surface area contributed by atoms with E-state index in [-0.39, 0.29) is 11.1 Å². The number of fused-ring (bicyclic) bond motifs is 1. The summed E-state index contributed by atoms with van der Waals surface area (Å²) in [5.74, 6) is 0.482. The van der Waals surface area contributed by atoms with Crippen molar-refractivity contribution in [3.63, 3.8) is 0 Å². The van der Waals surface area contributed by atoms with E-state index in [2.05, 4.69) is 15.3 Å². The summed E-state index contributed by atoms with van der Waals surface area (Å²) in [5.41, 5.74) is 1.25. The van der Waals surface area contributed by atoms with Crippen molar-refractivity contribution in [2.24, 2.45) is 0 Å². The standard InChI is InChI=1S/C14H10ClN3O2S/c1-20-9-2-3-10-11(7-9)21-14(17-10)18-13(19)8-4-5-16-12(15)6-8/h2-7H,1H3,(H,17,18,19). The smallest absolute Gasteiger partial charge is 0.257 e. The number of aromatic nitrogens is 2.